The van der Waals surface area contributed by atoms with Crippen LogP contribution in [0, 0.1) is 5.82 Å². The van der Waals surface area contributed by atoms with Crippen molar-refractivity contribution in [2.24, 2.45) is 0 Å². The Morgan fingerprint density at radius 1 is 0.967 bits per heavy atom. The maximum absolute atomic E-state index is 13.0. The normalized spacial score (nSPS) is 18.0. The third-order valence-electron chi connectivity index (χ3n) is 4.71. The van der Waals surface area contributed by atoms with E-state index in [-0.39, 0.29) is 10.6 Å². The lowest BCUT2D eigenvalue weighted by molar-refractivity contribution is -0.120. The van der Waals surface area contributed by atoms with Gasteiger partial charge in [-0.2, -0.15) is 4.31 Å². The zero-order valence-corrected chi connectivity index (χ0v) is 17.8. The molecular formula is C19H22FN3O5S2. The number of benzene rings is 2. The van der Waals surface area contributed by atoms with Crippen molar-refractivity contribution >= 4 is 37.3 Å². The molecule has 1 fully saturated rings. The SMILES string of the molecule is CS(=O)(=O)N1CCCCC1C(=O)Nc1ccc(NS(=O)(=O)c2ccc(F)cc2)cc1. The maximum atomic E-state index is 13.0. The van der Waals surface area contributed by atoms with Crippen molar-refractivity contribution in [3.05, 3.63) is 54.3 Å². The number of carbonyl (C=O) groups is 1. The van der Waals surface area contributed by atoms with E-state index in [2.05, 4.69) is 10.0 Å². The number of sulfonamides is 2. The first-order valence-electron chi connectivity index (χ1n) is 9.22. The van der Waals surface area contributed by atoms with E-state index in [0.29, 0.717) is 25.1 Å². The van der Waals surface area contributed by atoms with Gasteiger partial charge in [0.2, 0.25) is 15.9 Å². The highest BCUT2D eigenvalue weighted by molar-refractivity contribution is 7.92. The number of nitrogens with one attached hydrogen (secondary N) is 2. The number of anilines is 2. The Kier molecular flexibility index (Phi) is 6.44. The van der Waals surface area contributed by atoms with Crippen molar-refractivity contribution in [3.8, 4) is 0 Å². The van der Waals surface area contributed by atoms with Gasteiger partial charge in [0.25, 0.3) is 10.0 Å². The lowest BCUT2D eigenvalue weighted by atomic mass is 10.0. The Labute approximate surface area is 175 Å². The summed E-state index contributed by atoms with van der Waals surface area (Å²) in [6.07, 6.45) is 2.99. The highest BCUT2D eigenvalue weighted by Gasteiger charge is 2.34. The predicted molar refractivity (Wildman–Crippen MR) is 111 cm³/mol. The predicted octanol–water partition coefficient (Wildman–Crippen LogP) is 2.38. The molecule has 0 radical (unpaired) electrons. The third kappa shape index (κ3) is 5.35. The number of nitrogens with zero attached hydrogens (tertiary/aromatic N) is 1. The average molecular weight is 456 g/mol. The molecule has 2 aromatic carbocycles. The summed E-state index contributed by atoms with van der Waals surface area (Å²) in [6, 6.07) is 9.59. The van der Waals surface area contributed by atoms with Crippen LogP contribution in [0.5, 0.6) is 0 Å². The van der Waals surface area contributed by atoms with Gasteiger partial charge >= 0.3 is 0 Å². The number of amides is 1. The molecule has 1 unspecified atom stereocenters. The number of piperidine rings is 1. The lowest BCUT2D eigenvalue weighted by Gasteiger charge is -2.32. The summed E-state index contributed by atoms with van der Waals surface area (Å²) < 4.78 is 65.1. The fourth-order valence-corrected chi connectivity index (χ4v) is 5.42. The monoisotopic (exact) mass is 455 g/mol. The lowest BCUT2D eigenvalue weighted by Crippen LogP contribution is -2.49. The molecule has 0 bridgehead atoms. The van der Waals surface area contributed by atoms with Crippen LogP contribution in [0.15, 0.2) is 53.4 Å². The highest BCUT2D eigenvalue weighted by Crippen LogP contribution is 2.23. The molecule has 1 aliphatic heterocycles. The van der Waals surface area contributed by atoms with E-state index < -0.39 is 37.8 Å². The second kappa shape index (κ2) is 8.70. The van der Waals surface area contributed by atoms with Gasteiger partial charge in [-0.15, -0.1) is 0 Å². The molecule has 0 spiro atoms. The third-order valence-corrected chi connectivity index (χ3v) is 7.40. The van der Waals surface area contributed by atoms with Gasteiger partial charge < -0.3 is 5.32 Å². The summed E-state index contributed by atoms with van der Waals surface area (Å²) in [4.78, 5) is 12.5. The van der Waals surface area contributed by atoms with Gasteiger partial charge in [0.1, 0.15) is 11.9 Å². The van der Waals surface area contributed by atoms with Crippen molar-refractivity contribution < 1.29 is 26.0 Å². The first kappa shape index (κ1) is 22.2. The number of carbonyl (C=O) groups excluding carboxylic acids is 1. The van der Waals surface area contributed by atoms with E-state index in [1.807, 2.05) is 0 Å². The van der Waals surface area contributed by atoms with Crippen LogP contribution in [0.3, 0.4) is 0 Å². The molecule has 8 nitrogen and oxygen atoms in total. The second-order valence-electron chi connectivity index (χ2n) is 7.01. The van der Waals surface area contributed by atoms with Crippen molar-refractivity contribution in [3.63, 3.8) is 0 Å². The van der Waals surface area contributed by atoms with Crippen LogP contribution < -0.4 is 10.0 Å². The van der Waals surface area contributed by atoms with Crippen LogP contribution in [0.25, 0.3) is 0 Å². The Morgan fingerprint density at radius 2 is 1.57 bits per heavy atom. The molecule has 162 valence electrons. The zero-order valence-electron chi connectivity index (χ0n) is 16.2. The largest absolute Gasteiger partial charge is 0.325 e. The van der Waals surface area contributed by atoms with Crippen LogP contribution in [0.1, 0.15) is 19.3 Å². The fraction of sp³-hybridized carbons (Fsp3) is 0.316. The van der Waals surface area contributed by atoms with E-state index in [0.717, 1.165) is 36.9 Å². The molecule has 1 amide bonds. The minimum atomic E-state index is -3.88. The summed E-state index contributed by atoms with van der Waals surface area (Å²) in [5.41, 5.74) is 0.663. The molecule has 0 aliphatic carbocycles. The molecule has 2 N–H and O–H groups in total. The first-order valence-corrected chi connectivity index (χ1v) is 12.6. The standard InChI is InChI=1S/C19H22FN3O5S2/c1-29(25,26)23-13-3-2-4-18(23)19(24)21-15-7-9-16(10-8-15)22-30(27,28)17-11-5-14(20)6-12-17/h5-12,18,22H,2-4,13H2,1H3,(H,21,24). The summed E-state index contributed by atoms with van der Waals surface area (Å²) in [5, 5.41) is 2.68. The number of rotatable bonds is 6. The number of hydrogen-bond acceptors (Lipinski definition) is 5. The van der Waals surface area contributed by atoms with Crippen LogP contribution in [-0.4, -0.2) is 45.9 Å². The highest BCUT2D eigenvalue weighted by atomic mass is 32.2. The smallest absolute Gasteiger partial charge is 0.261 e. The van der Waals surface area contributed by atoms with Gasteiger partial charge in [0, 0.05) is 17.9 Å². The molecule has 0 saturated carbocycles. The van der Waals surface area contributed by atoms with Gasteiger partial charge in [0.05, 0.1) is 11.2 Å². The molecule has 1 heterocycles. The summed E-state index contributed by atoms with van der Waals surface area (Å²) in [7, 11) is -7.38. The van der Waals surface area contributed by atoms with E-state index in [9.17, 15) is 26.0 Å². The minimum absolute atomic E-state index is 0.0838. The molecule has 1 aliphatic rings. The summed E-state index contributed by atoms with van der Waals surface area (Å²) in [6.45, 7) is 0.307. The van der Waals surface area contributed by atoms with Crippen molar-refractivity contribution in [1.29, 1.82) is 0 Å². The molecule has 30 heavy (non-hydrogen) atoms. The van der Waals surface area contributed by atoms with Crippen LogP contribution >= 0.6 is 0 Å². The molecule has 1 atom stereocenters. The van der Waals surface area contributed by atoms with Crippen molar-refractivity contribution in [2.75, 3.05) is 22.8 Å². The van der Waals surface area contributed by atoms with Crippen LogP contribution in [0.4, 0.5) is 15.8 Å². The van der Waals surface area contributed by atoms with Crippen molar-refractivity contribution in [1.82, 2.24) is 4.31 Å². The van der Waals surface area contributed by atoms with E-state index in [1.54, 1.807) is 0 Å². The Bertz CT molecular complexity index is 1120. The maximum Gasteiger partial charge on any atom is 0.261 e. The quantitative estimate of drug-likeness (QED) is 0.695. The number of hydrogen-bond donors (Lipinski definition) is 2. The Hall–Kier alpha value is -2.50. The molecule has 3 rings (SSSR count). The first-order chi connectivity index (χ1) is 14.1. The van der Waals surface area contributed by atoms with E-state index >= 15 is 0 Å². The summed E-state index contributed by atoms with van der Waals surface area (Å²) in [5.74, 6) is -0.971. The fourth-order valence-electron chi connectivity index (χ4n) is 3.24. The van der Waals surface area contributed by atoms with Gasteiger partial charge in [0.15, 0.2) is 0 Å². The summed E-state index contributed by atoms with van der Waals surface area (Å²) >= 11 is 0. The second-order valence-corrected chi connectivity index (χ2v) is 10.6. The van der Waals surface area contributed by atoms with Gasteiger partial charge in [-0.3, -0.25) is 9.52 Å². The van der Waals surface area contributed by atoms with Gasteiger partial charge in [-0.1, -0.05) is 6.42 Å². The zero-order chi connectivity index (χ0) is 21.9. The van der Waals surface area contributed by atoms with Crippen LogP contribution in [-0.2, 0) is 24.8 Å². The topological polar surface area (TPSA) is 113 Å². The van der Waals surface area contributed by atoms with E-state index in [4.69, 9.17) is 0 Å². The van der Waals surface area contributed by atoms with Crippen molar-refractivity contribution in [2.45, 2.75) is 30.2 Å². The molecule has 11 heteroatoms. The molecule has 1 saturated heterocycles. The molecular weight excluding hydrogens is 433 g/mol. The van der Waals surface area contributed by atoms with Crippen LogP contribution in [0.2, 0.25) is 0 Å². The Balaban J connectivity index is 1.68. The van der Waals surface area contributed by atoms with Gasteiger partial charge in [-0.05, 0) is 61.4 Å². The van der Waals surface area contributed by atoms with E-state index in [1.165, 1.54) is 28.6 Å². The average Bonchev–Trinajstić information content (AvgIpc) is 2.69. The number of halogens is 1. The Morgan fingerprint density at radius 3 is 2.17 bits per heavy atom. The molecule has 2 aromatic rings. The van der Waals surface area contributed by atoms with Gasteiger partial charge in [-0.25, -0.2) is 21.2 Å². The minimum Gasteiger partial charge on any atom is -0.325 e. The molecule has 0 aromatic heterocycles.